The maximum atomic E-state index is 5.74. The molecule has 1 unspecified atom stereocenters. The van der Waals surface area contributed by atoms with E-state index in [2.05, 4.69) is 23.5 Å². The molecule has 1 atom stereocenters. The van der Waals surface area contributed by atoms with Crippen molar-refractivity contribution < 1.29 is 0 Å². The van der Waals surface area contributed by atoms with Crippen LogP contribution in [0.4, 0.5) is 0 Å². The highest BCUT2D eigenvalue weighted by molar-refractivity contribution is 5.03. The first-order valence-corrected chi connectivity index (χ1v) is 5.45. The van der Waals surface area contributed by atoms with Gasteiger partial charge in [-0.15, -0.1) is 6.58 Å². The lowest BCUT2D eigenvalue weighted by Crippen LogP contribution is -2.17. The summed E-state index contributed by atoms with van der Waals surface area (Å²) < 4.78 is 0. The third-order valence-corrected chi connectivity index (χ3v) is 2.27. The summed E-state index contributed by atoms with van der Waals surface area (Å²) in [5, 5.41) is 0. The Morgan fingerprint density at radius 3 is 3.00 bits per heavy atom. The average Bonchev–Trinajstić information content (AvgIpc) is 2.27. The first-order valence-electron chi connectivity index (χ1n) is 5.45. The number of aryl methyl sites for hydroxylation is 2. The van der Waals surface area contributed by atoms with E-state index >= 15 is 0 Å². The van der Waals surface area contributed by atoms with Crippen LogP contribution in [0.1, 0.15) is 31.3 Å². The molecular weight excluding hydrogens is 186 g/mol. The maximum Gasteiger partial charge on any atom is 0.128 e. The molecule has 0 aromatic carbocycles. The van der Waals surface area contributed by atoms with Crippen LogP contribution in [0.15, 0.2) is 24.9 Å². The highest BCUT2D eigenvalue weighted by Gasteiger charge is 2.01. The third kappa shape index (κ3) is 4.21. The molecule has 0 aliphatic heterocycles. The van der Waals surface area contributed by atoms with Gasteiger partial charge in [-0.05, 0) is 18.9 Å². The molecule has 0 amide bonds. The summed E-state index contributed by atoms with van der Waals surface area (Å²) in [4.78, 5) is 8.69. The van der Waals surface area contributed by atoms with E-state index in [1.165, 1.54) is 0 Å². The van der Waals surface area contributed by atoms with E-state index < -0.39 is 0 Å². The van der Waals surface area contributed by atoms with Crippen molar-refractivity contribution in [2.45, 2.75) is 38.6 Å². The Morgan fingerprint density at radius 2 is 2.33 bits per heavy atom. The number of aromatic nitrogens is 2. The minimum atomic E-state index is 0.0448. The molecule has 0 aliphatic rings. The summed E-state index contributed by atoms with van der Waals surface area (Å²) in [5.74, 6) is 0.887. The molecule has 0 radical (unpaired) electrons. The smallest absolute Gasteiger partial charge is 0.128 e. The van der Waals surface area contributed by atoms with Crippen molar-refractivity contribution >= 4 is 0 Å². The molecule has 1 heterocycles. The van der Waals surface area contributed by atoms with Crippen molar-refractivity contribution in [2.75, 3.05) is 0 Å². The minimum absolute atomic E-state index is 0.0448. The van der Waals surface area contributed by atoms with Crippen LogP contribution in [0.5, 0.6) is 0 Å². The molecule has 15 heavy (non-hydrogen) atoms. The van der Waals surface area contributed by atoms with Crippen LogP contribution in [0, 0.1) is 0 Å². The second kappa shape index (κ2) is 6.30. The van der Waals surface area contributed by atoms with Crippen molar-refractivity contribution in [3.8, 4) is 0 Å². The first-order chi connectivity index (χ1) is 7.26. The number of nitrogens with two attached hydrogens (primary N) is 1. The topological polar surface area (TPSA) is 51.8 Å². The standard InChI is InChI=1S/C12H19N3/c1-3-5-11-8-9-14-12(15-11)7-6-10(13)4-2/h4,8-10H,2-3,5-7,13H2,1H3. The molecule has 0 bridgehead atoms. The molecular formula is C12H19N3. The minimum Gasteiger partial charge on any atom is -0.324 e. The van der Waals surface area contributed by atoms with Crippen molar-refractivity contribution in [3.63, 3.8) is 0 Å². The van der Waals surface area contributed by atoms with Gasteiger partial charge in [0.2, 0.25) is 0 Å². The van der Waals surface area contributed by atoms with Gasteiger partial charge in [-0.2, -0.15) is 0 Å². The highest BCUT2D eigenvalue weighted by Crippen LogP contribution is 2.03. The number of nitrogens with zero attached hydrogens (tertiary/aromatic N) is 2. The van der Waals surface area contributed by atoms with E-state index in [4.69, 9.17) is 5.73 Å². The van der Waals surface area contributed by atoms with Crippen LogP contribution in [0.2, 0.25) is 0 Å². The Hall–Kier alpha value is -1.22. The quantitative estimate of drug-likeness (QED) is 0.721. The largest absolute Gasteiger partial charge is 0.324 e. The van der Waals surface area contributed by atoms with Crippen LogP contribution in [0.25, 0.3) is 0 Å². The lowest BCUT2D eigenvalue weighted by molar-refractivity contribution is 0.689. The third-order valence-electron chi connectivity index (χ3n) is 2.27. The van der Waals surface area contributed by atoms with E-state index in [1.54, 1.807) is 6.08 Å². The molecule has 0 saturated heterocycles. The molecule has 0 spiro atoms. The summed E-state index contributed by atoms with van der Waals surface area (Å²) in [6.07, 6.45) is 7.40. The average molecular weight is 205 g/mol. The van der Waals surface area contributed by atoms with Crippen molar-refractivity contribution in [2.24, 2.45) is 5.73 Å². The number of rotatable bonds is 6. The Morgan fingerprint density at radius 1 is 1.53 bits per heavy atom. The van der Waals surface area contributed by atoms with Gasteiger partial charge in [0.05, 0.1) is 0 Å². The van der Waals surface area contributed by atoms with E-state index in [9.17, 15) is 0 Å². The molecule has 2 N–H and O–H groups in total. The van der Waals surface area contributed by atoms with Gasteiger partial charge >= 0.3 is 0 Å². The predicted octanol–water partition coefficient (Wildman–Crippen LogP) is 1.88. The molecule has 82 valence electrons. The molecule has 0 aliphatic carbocycles. The summed E-state index contributed by atoms with van der Waals surface area (Å²) in [5.41, 5.74) is 6.86. The van der Waals surface area contributed by atoms with E-state index in [-0.39, 0.29) is 6.04 Å². The van der Waals surface area contributed by atoms with Gasteiger partial charge in [-0.1, -0.05) is 19.4 Å². The Kier molecular flexibility index (Phi) is 4.98. The SMILES string of the molecule is C=CC(N)CCc1nccc(CCC)n1. The molecule has 0 saturated carbocycles. The zero-order chi connectivity index (χ0) is 11.1. The summed E-state index contributed by atoms with van der Waals surface area (Å²) in [6, 6.07) is 2.02. The molecule has 1 aromatic heterocycles. The van der Waals surface area contributed by atoms with Gasteiger partial charge in [0.25, 0.3) is 0 Å². The summed E-state index contributed by atoms with van der Waals surface area (Å²) in [7, 11) is 0. The fraction of sp³-hybridized carbons (Fsp3) is 0.500. The van der Waals surface area contributed by atoms with Gasteiger partial charge < -0.3 is 5.73 Å². The highest BCUT2D eigenvalue weighted by atomic mass is 14.9. The van der Waals surface area contributed by atoms with Gasteiger partial charge in [0, 0.05) is 24.4 Å². The molecule has 1 aromatic rings. The van der Waals surface area contributed by atoms with E-state index in [0.29, 0.717) is 0 Å². The first kappa shape index (κ1) is 11.9. The molecule has 3 heteroatoms. The Bertz CT molecular complexity index is 309. The van der Waals surface area contributed by atoms with Gasteiger partial charge in [-0.25, -0.2) is 9.97 Å². The van der Waals surface area contributed by atoms with E-state index in [0.717, 1.165) is 37.2 Å². The van der Waals surface area contributed by atoms with E-state index in [1.807, 2.05) is 12.3 Å². The van der Waals surface area contributed by atoms with Crippen LogP contribution in [-0.2, 0) is 12.8 Å². The molecule has 0 fully saturated rings. The second-order valence-electron chi connectivity index (χ2n) is 3.65. The lowest BCUT2D eigenvalue weighted by Gasteiger charge is -2.05. The predicted molar refractivity (Wildman–Crippen MR) is 62.5 cm³/mol. The van der Waals surface area contributed by atoms with Crippen molar-refractivity contribution in [3.05, 3.63) is 36.4 Å². The van der Waals surface area contributed by atoms with Crippen LogP contribution >= 0.6 is 0 Å². The van der Waals surface area contributed by atoms with Crippen LogP contribution in [-0.4, -0.2) is 16.0 Å². The van der Waals surface area contributed by atoms with Gasteiger partial charge in [0.15, 0.2) is 0 Å². The summed E-state index contributed by atoms with van der Waals surface area (Å²) in [6.45, 7) is 5.80. The van der Waals surface area contributed by atoms with Gasteiger partial charge in [-0.3, -0.25) is 0 Å². The summed E-state index contributed by atoms with van der Waals surface area (Å²) >= 11 is 0. The van der Waals surface area contributed by atoms with Crippen molar-refractivity contribution in [1.82, 2.24) is 9.97 Å². The van der Waals surface area contributed by atoms with Gasteiger partial charge in [0.1, 0.15) is 5.82 Å². The Balaban J connectivity index is 2.53. The zero-order valence-electron chi connectivity index (χ0n) is 9.32. The molecule has 3 nitrogen and oxygen atoms in total. The zero-order valence-corrected chi connectivity index (χ0v) is 9.32. The van der Waals surface area contributed by atoms with Crippen molar-refractivity contribution in [1.29, 1.82) is 0 Å². The Labute approximate surface area is 91.4 Å². The fourth-order valence-electron chi connectivity index (χ4n) is 1.37. The fourth-order valence-corrected chi connectivity index (χ4v) is 1.37. The number of hydrogen-bond donors (Lipinski definition) is 1. The van der Waals surface area contributed by atoms with Crippen LogP contribution in [0.3, 0.4) is 0 Å². The second-order valence-corrected chi connectivity index (χ2v) is 3.65. The monoisotopic (exact) mass is 205 g/mol. The van der Waals surface area contributed by atoms with Crippen LogP contribution < -0.4 is 5.73 Å². The molecule has 1 rings (SSSR count). The number of hydrogen-bond acceptors (Lipinski definition) is 3. The lowest BCUT2D eigenvalue weighted by atomic mass is 10.1. The normalized spacial score (nSPS) is 12.4. The maximum absolute atomic E-state index is 5.74.